The Morgan fingerprint density at radius 2 is 1.96 bits per heavy atom. The van der Waals surface area contributed by atoms with Crippen LogP contribution in [0.1, 0.15) is 27.7 Å². The van der Waals surface area contributed by atoms with E-state index in [0.717, 1.165) is 0 Å². The van der Waals surface area contributed by atoms with Crippen molar-refractivity contribution in [3.05, 3.63) is 28.2 Å². The standard InChI is InChI=1S/C16H21Cl2N5O/c1-9(2)19-15(20-11-5-6-12(17)13(18)7-11)22-16-21-14(24)8-23(16)10(3)4/h5-7,9-10H,8H2,1-4H3,(H2,19,20,21,22,24). The van der Waals surface area contributed by atoms with Crippen LogP contribution in [0.5, 0.6) is 0 Å². The molecule has 0 atom stereocenters. The van der Waals surface area contributed by atoms with Gasteiger partial charge in [0.2, 0.25) is 17.8 Å². The van der Waals surface area contributed by atoms with Crippen LogP contribution in [0.3, 0.4) is 0 Å². The molecule has 0 unspecified atom stereocenters. The molecule has 0 aliphatic carbocycles. The second-order valence-corrected chi connectivity index (χ2v) is 6.82. The van der Waals surface area contributed by atoms with Crippen LogP contribution in [-0.2, 0) is 4.79 Å². The first-order chi connectivity index (χ1) is 11.3. The summed E-state index contributed by atoms with van der Waals surface area (Å²) in [7, 11) is 0. The number of rotatable bonds is 3. The van der Waals surface area contributed by atoms with E-state index < -0.39 is 0 Å². The first kappa shape index (κ1) is 18.5. The topological polar surface area (TPSA) is 69.1 Å². The second kappa shape index (κ2) is 7.85. The Bertz CT molecular complexity index is 685. The zero-order valence-electron chi connectivity index (χ0n) is 14.1. The molecular formula is C16H21Cl2N5O. The van der Waals surface area contributed by atoms with Crippen molar-refractivity contribution < 1.29 is 4.79 Å². The van der Waals surface area contributed by atoms with Crippen LogP contribution in [0.15, 0.2) is 28.2 Å². The van der Waals surface area contributed by atoms with Gasteiger partial charge in [-0.2, -0.15) is 4.99 Å². The fourth-order valence-corrected chi connectivity index (χ4v) is 2.42. The van der Waals surface area contributed by atoms with Crippen molar-refractivity contribution in [1.29, 1.82) is 0 Å². The number of hydrogen-bond donors (Lipinski definition) is 2. The summed E-state index contributed by atoms with van der Waals surface area (Å²) in [6, 6.07) is 5.37. The van der Waals surface area contributed by atoms with Gasteiger partial charge in [0.05, 0.1) is 10.0 Å². The van der Waals surface area contributed by atoms with Crippen molar-refractivity contribution in [3.63, 3.8) is 0 Å². The maximum Gasteiger partial charge on any atom is 0.246 e. The molecule has 0 bridgehead atoms. The predicted octanol–water partition coefficient (Wildman–Crippen LogP) is 3.37. The summed E-state index contributed by atoms with van der Waals surface area (Å²) in [5.74, 6) is 0.800. The van der Waals surface area contributed by atoms with Gasteiger partial charge in [-0.05, 0) is 45.9 Å². The molecule has 1 amide bonds. The van der Waals surface area contributed by atoms with Gasteiger partial charge in [-0.15, -0.1) is 0 Å². The van der Waals surface area contributed by atoms with Crippen LogP contribution in [0.4, 0.5) is 5.69 Å². The van der Waals surface area contributed by atoms with E-state index >= 15 is 0 Å². The molecule has 1 aromatic carbocycles. The molecule has 0 saturated carbocycles. The average Bonchev–Trinajstić information content (AvgIpc) is 2.83. The van der Waals surface area contributed by atoms with Gasteiger partial charge in [0.25, 0.3) is 0 Å². The smallest absolute Gasteiger partial charge is 0.246 e. The monoisotopic (exact) mass is 369 g/mol. The SMILES string of the molecule is CC(C)N=C(/N=C1/NC(=O)CN1C(C)C)Nc1ccc(Cl)c(Cl)c1. The molecule has 2 N–H and O–H groups in total. The van der Waals surface area contributed by atoms with E-state index in [9.17, 15) is 4.79 Å². The molecule has 0 aromatic heterocycles. The lowest BCUT2D eigenvalue weighted by Gasteiger charge is -2.21. The number of nitrogens with zero attached hydrogens (tertiary/aromatic N) is 3. The van der Waals surface area contributed by atoms with Crippen molar-refractivity contribution in [2.45, 2.75) is 39.8 Å². The van der Waals surface area contributed by atoms with E-state index in [0.29, 0.717) is 27.7 Å². The molecule has 130 valence electrons. The summed E-state index contributed by atoms with van der Waals surface area (Å²) in [5.41, 5.74) is 0.716. The molecule has 1 heterocycles. The molecule has 8 heteroatoms. The summed E-state index contributed by atoms with van der Waals surface area (Å²) in [4.78, 5) is 22.5. The van der Waals surface area contributed by atoms with E-state index in [1.54, 1.807) is 18.2 Å². The van der Waals surface area contributed by atoms with Crippen LogP contribution in [0, 0.1) is 0 Å². The van der Waals surface area contributed by atoms with E-state index in [1.807, 2.05) is 32.6 Å². The molecule has 1 aliphatic rings. The molecule has 6 nitrogen and oxygen atoms in total. The largest absolute Gasteiger partial charge is 0.331 e. The Kier molecular flexibility index (Phi) is 6.07. The molecule has 0 spiro atoms. The Hall–Kier alpha value is -1.79. The Labute approximate surface area is 151 Å². The fraction of sp³-hybridized carbons (Fsp3) is 0.438. The number of hydrogen-bond acceptors (Lipinski definition) is 2. The third kappa shape index (κ3) is 4.85. The van der Waals surface area contributed by atoms with Crippen molar-refractivity contribution in [1.82, 2.24) is 10.2 Å². The minimum atomic E-state index is -0.0825. The first-order valence-electron chi connectivity index (χ1n) is 7.71. The first-order valence-corrected chi connectivity index (χ1v) is 8.47. The highest BCUT2D eigenvalue weighted by Gasteiger charge is 2.27. The quantitative estimate of drug-likeness (QED) is 0.633. The number of anilines is 1. The van der Waals surface area contributed by atoms with Crippen molar-refractivity contribution in [2.75, 3.05) is 11.9 Å². The van der Waals surface area contributed by atoms with Crippen LogP contribution >= 0.6 is 23.2 Å². The summed E-state index contributed by atoms with van der Waals surface area (Å²) in [6.45, 7) is 8.19. The molecule has 2 rings (SSSR count). The minimum Gasteiger partial charge on any atom is -0.331 e. The van der Waals surface area contributed by atoms with Crippen LogP contribution in [0.2, 0.25) is 10.0 Å². The van der Waals surface area contributed by atoms with Gasteiger partial charge < -0.3 is 10.2 Å². The normalized spacial score (nSPS) is 17.2. The predicted molar refractivity (Wildman–Crippen MR) is 100 cm³/mol. The lowest BCUT2D eigenvalue weighted by atomic mass is 10.3. The number of nitrogens with one attached hydrogen (secondary N) is 2. The van der Waals surface area contributed by atoms with Crippen molar-refractivity contribution >= 4 is 46.7 Å². The van der Waals surface area contributed by atoms with Crippen LogP contribution < -0.4 is 10.6 Å². The lowest BCUT2D eigenvalue weighted by molar-refractivity contribution is -0.118. The van der Waals surface area contributed by atoms with Gasteiger partial charge in [-0.25, -0.2) is 4.99 Å². The molecule has 1 fully saturated rings. The van der Waals surface area contributed by atoms with E-state index in [-0.39, 0.29) is 24.5 Å². The summed E-state index contributed by atoms with van der Waals surface area (Å²) < 4.78 is 0. The van der Waals surface area contributed by atoms with Gasteiger partial charge in [0.15, 0.2) is 0 Å². The average molecular weight is 370 g/mol. The van der Waals surface area contributed by atoms with Crippen LogP contribution in [-0.4, -0.2) is 41.4 Å². The van der Waals surface area contributed by atoms with Gasteiger partial charge in [0, 0.05) is 17.8 Å². The highest BCUT2D eigenvalue weighted by atomic mass is 35.5. The Morgan fingerprint density at radius 3 is 2.54 bits per heavy atom. The Morgan fingerprint density at radius 1 is 1.25 bits per heavy atom. The highest BCUT2D eigenvalue weighted by Crippen LogP contribution is 2.25. The molecule has 1 aromatic rings. The molecule has 1 aliphatic heterocycles. The van der Waals surface area contributed by atoms with Gasteiger partial charge in [-0.3, -0.25) is 10.1 Å². The third-order valence-electron chi connectivity index (χ3n) is 3.23. The summed E-state index contributed by atoms with van der Waals surface area (Å²) in [6.07, 6.45) is 0. The third-order valence-corrected chi connectivity index (χ3v) is 3.97. The highest BCUT2D eigenvalue weighted by molar-refractivity contribution is 6.42. The zero-order valence-corrected chi connectivity index (χ0v) is 15.6. The number of carbonyl (C=O) groups is 1. The Balaban J connectivity index is 2.30. The molecular weight excluding hydrogens is 349 g/mol. The number of carbonyl (C=O) groups excluding carboxylic acids is 1. The zero-order chi connectivity index (χ0) is 17.9. The van der Waals surface area contributed by atoms with E-state index in [1.165, 1.54) is 0 Å². The van der Waals surface area contributed by atoms with Gasteiger partial charge in [-0.1, -0.05) is 23.2 Å². The molecule has 0 radical (unpaired) electrons. The summed E-state index contributed by atoms with van der Waals surface area (Å²) in [5, 5.41) is 6.80. The van der Waals surface area contributed by atoms with Gasteiger partial charge >= 0.3 is 0 Å². The fourth-order valence-electron chi connectivity index (χ4n) is 2.12. The number of halogens is 2. The van der Waals surface area contributed by atoms with Crippen molar-refractivity contribution in [2.24, 2.45) is 9.98 Å². The number of guanidine groups is 2. The number of aliphatic imine (C=N–C) groups is 2. The number of benzene rings is 1. The van der Waals surface area contributed by atoms with Crippen molar-refractivity contribution in [3.8, 4) is 0 Å². The van der Waals surface area contributed by atoms with Crippen LogP contribution in [0.25, 0.3) is 0 Å². The second-order valence-electron chi connectivity index (χ2n) is 6.01. The maximum absolute atomic E-state index is 11.7. The number of amides is 1. The lowest BCUT2D eigenvalue weighted by Crippen LogP contribution is -2.37. The minimum absolute atomic E-state index is 0.0317. The summed E-state index contributed by atoms with van der Waals surface area (Å²) >= 11 is 12.0. The molecule has 24 heavy (non-hydrogen) atoms. The van der Waals surface area contributed by atoms with E-state index in [2.05, 4.69) is 20.6 Å². The van der Waals surface area contributed by atoms with Gasteiger partial charge in [0.1, 0.15) is 6.54 Å². The van der Waals surface area contributed by atoms with E-state index in [4.69, 9.17) is 23.2 Å². The maximum atomic E-state index is 11.7. The molecule has 1 saturated heterocycles.